The lowest BCUT2D eigenvalue weighted by molar-refractivity contribution is 0.423. The molecular formula is C67H68N6O12S4. The molecular weight excluding hydrogens is 1210 g/mol. The molecule has 462 valence electrons. The van der Waals surface area contributed by atoms with Crippen LogP contribution in [0.5, 0.6) is 0 Å². The summed E-state index contributed by atoms with van der Waals surface area (Å²) < 4.78 is 139. The summed E-state index contributed by atoms with van der Waals surface area (Å²) in [6.07, 6.45) is 10.8. The topological polar surface area (TPSA) is 294 Å². The molecule has 9 N–H and O–H groups in total. The minimum atomic E-state index is -4.57. The van der Waals surface area contributed by atoms with E-state index in [1.807, 2.05) is 19.9 Å². The molecule has 0 radical (unpaired) electrons. The minimum Gasteiger partial charge on any atom is -0.377 e. The molecule has 0 aliphatic carbocycles. The second kappa shape index (κ2) is 25.3. The second-order valence-corrected chi connectivity index (χ2v) is 28.9. The van der Waals surface area contributed by atoms with Gasteiger partial charge in [-0.15, -0.1) is 0 Å². The average Bonchev–Trinajstić information content (AvgIpc) is 1.83. The summed E-state index contributed by atoms with van der Waals surface area (Å²) in [5.41, 5.74) is 11.1. The monoisotopic (exact) mass is 1280 g/mol. The Kier molecular flexibility index (Phi) is 17.7. The lowest BCUT2D eigenvalue weighted by Gasteiger charge is -2.30. The number of H-pyrrole nitrogens is 3. The van der Waals surface area contributed by atoms with Crippen LogP contribution < -0.4 is 21.3 Å². The Bertz CT molecular complexity index is 4840. The van der Waals surface area contributed by atoms with Crippen LogP contribution in [0.15, 0.2) is 214 Å². The Morgan fingerprint density at radius 1 is 0.449 bits per heavy atom. The van der Waals surface area contributed by atoms with Crippen molar-refractivity contribution in [1.82, 2.24) is 30.2 Å². The highest BCUT2D eigenvalue weighted by atomic mass is 32.2. The Hall–Kier alpha value is -8.32. The SMILES string of the molecule is Cc1ccc(-c2ccc(C3C=C/C(=c4/cc/c(=c5/cc/c(=C6/C=CC(C)N6)[nH]5)[nH]4)N3)n2Cc2ccc(C(CC(C)c3ccc(S(=O)(=O)O)cc3)CC(CC(CCc3ccc(S(=O)(=O)O)cc3)c3ccc(S(=O)(=O)O)cc3)c3ccc(S(=O)(=O)O)cc3)cc2)[nH]1. The highest BCUT2D eigenvalue weighted by Gasteiger charge is 2.29. The zero-order chi connectivity index (χ0) is 63.0. The molecule has 2 aliphatic rings. The van der Waals surface area contributed by atoms with Gasteiger partial charge >= 0.3 is 0 Å². The minimum absolute atomic E-state index is 0.172. The standard InChI is InChI=1S/C67H68N6O12S4/c1-42(47-14-22-55(23-15-47)87(77,78)79)38-52(40-53(50-18-26-57(27-19-50)89(83,84)85)39-51(48-16-24-56(25-17-48)88(80,81)82)13-6-45-9-20-54(21-10-45)86(74,75)76)49-11-7-46(8-12-49)41-73-66(64-29-5-44(3)69-64)36-37-67(73)65-35-34-63(72-65)62-33-32-61(71-62)60-31-30-59(70-60)58-28-4-43(2)68-58/h4-5,7-12,14-37,42-43,51-53,65,68-72H,6,13,38-41H2,1-3H3,(H,74,75,76)(H,77,78,79)(H,80,81,82)(H,83,84,85)/b59-58+,61-60+,63-62+. The van der Waals surface area contributed by atoms with Crippen LogP contribution in [-0.4, -0.2) is 77.4 Å². The van der Waals surface area contributed by atoms with Gasteiger partial charge in [0.25, 0.3) is 40.5 Å². The summed E-state index contributed by atoms with van der Waals surface area (Å²) in [5, 5.41) is 11.1. The summed E-state index contributed by atoms with van der Waals surface area (Å²) in [7, 11) is -18.0. The number of aryl methyl sites for hydroxylation is 2. The van der Waals surface area contributed by atoms with Crippen LogP contribution >= 0.6 is 0 Å². The van der Waals surface area contributed by atoms with E-state index in [1.165, 1.54) is 48.5 Å². The number of hydrogen-bond donors (Lipinski definition) is 9. The third-order valence-electron chi connectivity index (χ3n) is 17.0. The average molecular weight is 1280 g/mol. The second-order valence-electron chi connectivity index (χ2n) is 23.2. The molecule has 6 heterocycles. The normalized spacial score (nSPS) is 18.4. The van der Waals surface area contributed by atoms with Gasteiger partial charge in [0.05, 0.1) is 69.8 Å². The Morgan fingerprint density at radius 3 is 1.38 bits per heavy atom. The zero-order valence-electron chi connectivity index (χ0n) is 48.8. The highest BCUT2D eigenvalue weighted by Crippen LogP contribution is 2.43. The number of hydrogen-bond acceptors (Lipinski definition) is 10. The molecule has 9 aromatic rings. The van der Waals surface area contributed by atoms with Gasteiger partial charge in [0.1, 0.15) is 0 Å². The first-order valence-corrected chi connectivity index (χ1v) is 34.8. The van der Waals surface area contributed by atoms with E-state index in [-0.39, 0.29) is 55.3 Å². The van der Waals surface area contributed by atoms with Crippen molar-refractivity contribution in [2.75, 3.05) is 0 Å². The van der Waals surface area contributed by atoms with Gasteiger partial charge in [0.15, 0.2) is 0 Å². The van der Waals surface area contributed by atoms with Crippen molar-refractivity contribution in [3.05, 3.63) is 260 Å². The fraction of sp³-hybridized carbons (Fsp3) is 0.224. The van der Waals surface area contributed by atoms with E-state index in [2.05, 4.69) is 128 Å². The van der Waals surface area contributed by atoms with Gasteiger partial charge < -0.3 is 30.2 Å². The quantitative estimate of drug-likeness (QED) is 0.0303. The zero-order valence-corrected chi connectivity index (χ0v) is 52.1. The predicted octanol–water partition coefficient (Wildman–Crippen LogP) is 10.7. The van der Waals surface area contributed by atoms with Crippen LogP contribution in [0.4, 0.5) is 0 Å². The fourth-order valence-corrected chi connectivity index (χ4v) is 14.2. The first-order valence-electron chi connectivity index (χ1n) is 29.0. The summed E-state index contributed by atoms with van der Waals surface area (Å²) >= 11 is 0. The van der Waals surface area contributed by atoms with Gasteiger partial charge in [-0.25, -0.2) is 0 Å². The van der Waals surface area contributed by atoms with E-state index in [0.29, 0.717) is 38.6 Å². The van der Waals surface area contributed by atoms with Crippen LogP contribution in [0.1, 0.15) is 114 Å². The Balaban J connectivity index is 0.939. The molecule has 0 saturated heterocycles. The molecule has 0 fully saturated rings. The van der Waals surface area contributed by atoms with E-state index < -0.39 is 40.5 Å². The number of benzene rings is 5. The van der Waals surface area contributed by atoms with Gasteiger partial charge in [-0.05, 0) is 212 Å². The van der Waals surface area contributed by atoms with E-state index in [0.717, 1.165) is 88.9 Å². The third-order valence-corrected chi connectivity index (χ3v) is 20.5. The largest absolute Gasteiger partial charge is 0.377 e. The Labute approximate surface area is 517 Å². The molecule has 18 nitrogen and oxygen atoms in total. The van der Waals surface area contributed by atoms with Crippen LogP contribution in [0.3, 0.4) is 0 Å². The maximum atomic E-state index is 12.4. The number of nitrogens with zero attached hydrogens (tertiary/aromatic N) is 1. The predicted molar refractivity (Wildman–Crippen MR) is 340 cm³/mol. The van der Waals surface area contributed by atoms with Gasteiger partial charge in [-0.3, -0.25) is 18.2 Å². The van der Waals surface area contributed by atoms with Gasteiger partial charge in [-0.2, -0.15) is 33.7 Å². The van der Waals surface area contributed by atoms with E-state index in [1.54, 1.807) is 48.5 Å². The molecule has 11 rings (SSSR count). The third kappa shape index (κ3) is 14.7. The summed E-state index contributed by atoms with van der Waals surface area (Å²) in [4.78, 5) is 9.59. The van der Waals surface area contributed by atoms with Crippen LogP contribution in [0.25, 0.3) is 22.8 Å². The van der Waals surface area contributed by atoms with Crippen LogP contribution in [0.2, 0.25) is 0 Å². The smallest absolute Gasteiger partial charge is 0.294 e. The molecule has 0 spiro atoms. The lowest BCUT2D eigenvalue weighted by Crippen LogP contribution is -2.22. The maximum Gasteiger partial charge on any atom is 0.294 e. The maximum absolute atomic E-state index is 12.4. The summed E-state index contributed by atoms with van der Waals surface area (Å²) in [6.45, 7) is 6.67. The number of aromatic nitrogens is 4. The van der Waals surface area contributed by atoms with Gasteiger partial charge in [0, 0.05) is 24.0 Å². The Morgan fingerprint density at radius 2 is 0.888 bits per heavy atom. The van der Waals surface area contributed by atoms with Crippen molar-refractivity contribution in [2.24, 2.45) is 0 Å². The molecule has 0 saturated carbocycles. The highest BCUT2D eigenvalue weighted by molar-refractivity contribution is 7.86. The molecule has 22 heteroatoms. The summed E-state index contributed by atoms with van der Waals surface area (Å²) in [5.74, 6) is -1.07. The number of nitrogens with one attached hydrogen (secondary N) is 5. The van der Waals surface area contributed by atoms with Crippen molar-refractivity contribution in [2.45, 2.75) is 115 Å². The van der Waals surface area contributed by atoms with Crippen molar-refractivity contribution in [3.63, 3.8) is 0 Å². The molecule has 2 aliphatic heterocycles. The van der Waals surface area contributed by atoms with Crippen LogP contribution in [0, 0.1) is 17.6 Å². The molecule has 5 aromatic carbocycles. The molecule has 6 atom stereocenters. The van der Waals surface area contributed by atoms with Crippen molar-refractivity contribution in [1.29, 1.82) is 0 Å². The van der Waals surface area contributed by atoms with E-state index in [4.69, 9.17) is 0 Å². The molecule has 0 amide bonds. The molecule has 0 bridgehead atoms. The van der Waals surface area contributed by atoms with Crippen molar-refractivity contribution in [3.8, 4) is 11.4 Å². The first-order chi connectivity index (χ1) is 42.3. The summed E-state index contributed by atoms with van der Waals surface area (Å²) in [6, 6.07) is 49.2. The van der Waals surface area contributed by atoms with Gasteiger partial charge in [-0.1, -0.05) is 91.9 Å². The lowest BCUT2D eigenvalue weighted by atomic mass is 9.74. The van der Waals surface area contributed by atoms with Crippen molar-refractivity contribution >= 4 is 51.9 Å². The molecule has 89 heavy (non-hydrogen) atoms. The van der Waals surface area contributed by atoms with Crippen LogP contribution in [-0.2, 0) is 53.4 Å². The number of aromatic amines is 3. The number of rotatable bonds is 21. The van der Waals surface area contributed by atoms with Gasteiger partial charge in [0.2, 0.25) is 0 Å². The first kappa shape index (κ1) is 62.3. The van der Waals surface area contributed by atoms with E-state index >= 15 is 0 Å². The van der Waals surface area contributed by atoms with E-state index in [9.17, 15) is 51.9 Å². The molecule has 4 aromatic heterocycles. The molecule has 6 unspecified atom stereocenters. The fourth-order valence-electron chi connectivity index (χ4n) is 12.2. The van der Waals surface area contributed by atoms with Crippen molar-refractivity contribution < 1.29 is 51.9 Å².